The molecule has 1 aromatic heterocycles. The normalized spacial score (nSPS) is 14.5. The Balaban J connectivity index is 1.40. The van der Waals surface area contributed by atoms with Gasteiger partial charge in [-0.2, -0.15) is 4.31 Å². The lowest BCUT2D eigenvalue weighted by atomic mass is 10.1. The number of anilines is 1. The fourth-order valence-corrected chi connectivity index (χ4v) is 5.82. The lowest BCUT2D eigenvalue weighted by Crippen LogP contribution is -2.44. The summed E-state index contributed by atoms with van der Waals surface area (Å²) in [4.78, 5) is 17.3. The van der Waals surface area contributed by atoms with Crippen LogP contribution in [0.1, 0.15) is 31.7 Å². The summed E-state index contributed by atoms with van der Waals surface area (Å²) in [5.41, 5.74) is 2.41. The van der Waals surface area contributed by atoms with Crippen LogP contribution in [0.3, 0.4) is 0 Å². The van der Waals surface area contributed by atoms with Gasteiger partial charge in [-0.25, -0.2) is 12.8 Å². The average molecular weight is 540 g/mol. The lowest BCUT2D eigenvalue weighted by molar-refractivity contribution is -0.131. The van der Waals surface area contributed by atoms with Crippen LogP contribution in [0.5, 0.6) is 0 Å². The molecule has 1 aliphatic rings. The SMILES string of the molecule is CCCCN(CC(=O)N1CCCN(c2ccc(-c3ccc(F)cc3)nn2)CC1)S(=O)(=O)c1ccc(C)cc1. The molecule has 1 aliphatic heterocycles. The highest BCUT2D eigenvalue weighted by atomic mass is 32.2. The summed E-state index contributed by atoms with van der Waals surface area (Å²) >= 11 is 0. The first-order valence-corrected chi connectivity index (χ1v) is 14.4. The van der Waals surface area contributed by atoms with Gasteiger partial charge in [0, 0.05) is 38.3 Å². The number of hydrogen-bond acceptors (Lipinski definition) is 6. The van der Waals surface area contributed by atoms with Crippen molar-refractivity contribution in [1.82, 2.24) is 19.4 Å². The van der Waals surface area contributed by atoms with E-state index >= 15 is 0 Å². The second kappa shape index (κ2) is 12.4. The van der Waals surface area contributed by atoms with Crippen molar-refractivity contribution in [3.8, 4) is 11.3 Å². The van der Waals surface area contributed by atoms with Gasteiger partial charge in [0.2, 0.25) is 15.9 Å². The molecular formula is C28H34FN5O3S. The Morgan fingerprint density at radius 3 is 2.34 bits per heavy atom. The number of hydrogen-bond donors (Lipinski definition) is 0. The van der Waals surface area contributed by atoms with Crippen molar-refractivity contribution in [1.29, 1.82) is 0 Å². The standard InChI is InChI=1S/C28H34FN5O3S/c1-3-4-18-34(38(36,37)25-12-6-22(2)7-13-25)21-28(35)33-17-5-16-32(19-20-33)27-15-14-26(30-31-27)23-8-10-24(29)11-9-23/h6-15H,3-5,16-21H2,1-2H3. The Hall–Kier alpha value is -3.37. The first-order valence-electron chi connectivity index (χ1n) is 13.0. The van der Waals surface area contributed by atoms with Gasteiger partial charge in [0.05, 0.1) is 17.1 Å². The maximum atomic E-state index is 13.3. The zero-order valence-electron chi connectivity index (χ0n) is 21.9. The van der Waals surface area contributed by atoms with Gasteiger partial charge in [-0.05, 0) is 68.3 Å². The molecule has 3 aromatic rings. The molecule has 202 valence electrons. The monoisotopic (exact) mass is 539 g/mol. The summed E-state index contributed by atoms with van der Waals surface area (Å²) in [5, 5.41) is 8.66. The summed E-state index contributed by atoms with van der Waals surface area (Å²) in [5.74, 6) is 0.205. The number of nitrogens with zero attached hydrogens (tertiary/aromatic N) is 5. The predicted molar refractivity (Wildman–Crippen MR) is 146 cm³/mol. The Morgan fingerprint density at radius 1 is 0.947 bits per heavy atom. The molecule has 0 bridgehead atoms. The van der Waals surface area contributed by atoms with Crippen LogP contribution in [0.25, 0.3) is 11.3 Å². The van der Waals surface area contributed by atoms with Crippen molar-refractivity contribution < 1.29 is 17.6 Å². The third-order valence-corrected chi connectivity index (χ3v) is 8.55. The quantitative estimate of drug-likeness (QED) is 0.407. The second-order valence-electron chi connectivity index (χ2n) is 9.51. The van der Waals surface area contributed by atoms with E-state index in [9.17, 15) is 17.6 Å². The lowest BCUT2D eigenvalue weighted by Gasteiger charge is -2.26. The molecule has 8 nitrogen and oxygen atoms in total. The summed E-state index contributed by atoms with van der Waals surface area (Å²) < 4.78 is 41.2. The van der Waals surface area contributed by atoms with Crippen molar-refractivity contribution in [2.24, 2.45) is 0 Å². The van der Waals surface area contributed by atoms with Gasteiger partial charge in [0.1, 0.15) is 5.82 Å². The van der Waals surface area contributed by atoms with Gasteiger partial charge in [-0.3, -0.25) is 4.79 Å². The summed E-state index contributed by atoms with van der Waals surface area (Å²) in [6, 6.07) is 16.6. The number of benzene rings is 2. The molecule has 1 amide bonds. The summed E-state index contributed by atoms with van der Waals surface area (Å²) in [6.07, 6.45) is 2.24. The van der Waals surface area contributed by atoms with Crippen LogP contribution in [0, 0.1) is 12.7 Å². The zero-order chi connectivity index (χ0) is 27.1. The maximum absolute atomic E-state index is 13.3. The Kier molecular flexibility index (Phi) is 9.06. The second-order valence-corrected chi connectivity index (χ2v) is 11.4. The van der Waals surface area contributed by atoms with Gasteiger partial charge in [0.15, 0.2) is 5.82 Å². The molecule has 0 spiro atoms. The fraction of sp³-hybridized carbons (Fsp3) is 0.393. The van der Waals surface area contributed by atoms with E-state index in [4.69, 9.17) is 0 Å². The number of carbonyl (C=O) groups is 1. The summed E-state index contributed by atoms with van der Waals surface area (Å²) in [7, 11) is -3.78. The topological polar surface area (TPSA) is 86.7 Å². The van der Waals surface area contributed by atoms with E-state index in [2.05, 4.69) is 15.1 Å². The number of rotatable bonds is 9. The Labute approximate surface area is 224 Å². The molecule has 0 atom stereocenters. The van der Waals surface area contributed by atoms with Crippen LogP contribution in [0.2, 0.25) is 0 Å². The zero-order valence-corrected chi connectivity index (χ0v) is 22.7. The fourth-order valence-electron chi connectivity index (χ4n) is 4.39. The number of sulfonamides is 1. The highest BCUT2D eigenvalue weighted by molar-refractivity contribution is 7.89. The number of carbonyl (C=O) groups excluding carboxylic acids is 1. The average Bonchev–Trinajstić information content (AvgIpc) is 3.18. The van der Waals surface area contributed by atoms with Gasteiger partial charge < -0.3 is 9.80 Å². The van der Waals surface area contributed by atoms with E-state index in [1.807, 2.05) is 26.0 Å². The third kappa shape index (κ3) is 6.73. The highest BCUT2D eigenvalue weighted by Gasteiger charge is 2.29. The number of aromatic nitrogens is 2. The van der Waals surface area contributed by atoms with Crippen molar-refractivity contribution in [3.05, 3.63) is 72.0 Å². The van der Waals surface area contributed by atoms with E-state index < -0.39 is 10.0 Å². The molecule has 2 heterocycles. The highest BCUT2D eigenvalue weighted by Crippen LogP contribution is 2.21. The van der Waals surface area contributed by atoms with E-state index in [1.54, 1.807) is 41.3 Å². The van der Waals surface area contributed by atoms with Crippen LogP contribution in [-0.4, -0.2) is 73.0 Å². The van der Waals surface area contributed by atoms with Gasteiger partial charge in [0.25, 0.3) is 0 Å². The molecule has 0 unspecified atom stereocenters. The number of unbranched alkanes of at least 4 members (excludes halogenated alkanes) is 1. The molecular weight excluding hydrogens is 505 g/mol. The van der Waals surface area contributed by atoms with E-state index in [0.29, 0.717) is 50.7 Å². The predicted octanol–water partition coefficient (Wildman–Crippen LogP) is 4.12. The molecule has 38 heavy (non-hydrogen) atoms. The molecule has 4 rings (SSSR count). The molecule has 0 N–H and O–H groups in total. The third-order valence-electron chi connectivity index (χ3n) is 6.69. The van der Waals surface area contributed by atoms with Crippen molar-refractivity contribution in [3.63, 3.8) is 0 Å². The molecule has 10 heteroatoms. The molecule has 0 saturated carbocycles. The molecule has 1 saturated heterocycles. The number of aryl methyl sites for hydroxylation is 1. The van der Waals surface area contributed by atoms with E-state index in [-0.39, 0.29) is 23.2 Å². The molecule has 1 fully saturated rings. The van der Waals surface area contributed by atoms with Crippen LogP contribution >= 0.6 is 0 Å². The largest absolute Gasteiger partial charge is 0.353 e. The van der Waals surface area contributed by atoms with Gasteiger partial charge in [-0.1, -0.05) is 31.0 Å². The van der Waals surface area contributed by atoms with Crippen molar-refractivity contribution in [2.45, 2.75) is 38.0 Å². The number of halogens is 1. The maximum Gasteiger partial charge on any atom is 0.243 e. The van der Waals surface area contributed by atoms with Gasteiger partial charge in [-0.15, -0.1) is 10.2 Å². The Bertz CT molecular complexity index is 1320. The minimum Gasteiger partial charge on any atom is -0.353 e. The van der Waals surface area contributed by atoms with Crippen molar-refractivity contribution >= 4 is 21.7 Å². The summed E-state index contributed by atoms with van der Waals surface area (Å²) in [6.45, 7) is 6.30. The molecule has 0 aliphatic carbocycles. The van der Waals surface area contributed by atoms with Crippen LogP contribution in [0.4, 0.5) is 10.2 Å². The smallest absolute Gasteiger partial charge is 0.243 e. The van der Waals surface area contributed by atoms with Crippen molar-refractivity contribution in [2.75, 3.05) is 44.2 Å². The van der Waals surface area contributed by atoms with Crippen LogP contribution in [0.15, 0.2) is 65.6 Å². The van der Waals surface area contributed by atoms with Gasteiger partial charge >= 0.3 is 0 Å². The number of amides is 1. The minimum absolute atomic E-state index is 0.178. The van der Waals surface area contributed by atoms with Crippen LogP contribution < -0.4 is 4.90 Å². The first kappa shape index (κ1) is 27.7. The van der Waals surface area contributed by atoms with E-state index in [0.717, 1.165) is 24.0 Å². The Morgan fingerprint density at radius 2 is 1.68 bits per heavy atom. The minimum atomic E-state index is -3.78. The molecule has 0 radical (unpaired) electrons. The first-order chi connectivity index (χ1) is 18.3. The molecule has 2 aromatic carbocycles. The van der Waals surface area contributed by atoms with E-state index in [1.165, 1.54) is 16.4 Å². The van der Waals surface area contributed by atoms with Crippen LogP contribution in [-0.2, 0) is 14.8 Å².